The Labute approximate surface area is 141 Å². The van der Waals surface area contributed by atoms with Crippen LogP contribution in [0.3, 0.4) is 0 Å². The highest BCUT2D eigenvalue weighted by Crippen LogP contribution is 2.36. The molecule has 0 amide bonds. The molecule has 0 spiro atoms. The molecule has 0 saturated heterocycles. The zero-order valence-corrected chi connectivity index (χ0v) is 14.1. The topological polar surface area (TPSA) is 71.1 Å². The molecule has 1 aromatic carbocycles. The fourth-order valence-corrected chi connectivity index (χ4v) is 2.24. The second-order valence-electron chi connectivity index (χ2n) is 5.39. The molecule has 1 aliphatic rings. The maximum atomic E-state index is 12.4. The third-order valence-electron chi connectivity index (χ3n) is 3.66. The fourth-order valence-electron chi connectivity index (χ4n) is 2.24. The summed E-state index contributed by atoms with van der Waals surface area (Å²) in [5, 5.41) is 0. The van der Waals surface area contributed by atoms with Crippen LogP contribution in [0.5, 0.6) is 11.5 Å². The summed E-state index contributed by atoms with van der Waals surface area (Å²) in [5.74, 6) is 0.332. The highest BCUT2D eigenvalue weighted by Gasteiger charge is 2.33. The number of carbonyl (C=O) groups is 2. The normalized spacial score (nSPS) is 15.0. The van der Waals surface area contributed by atoms with Crippen molar-refractivity contribution in [2.75, 3.05) is 20.8 Å². The minimum Gasteiger partial charge on any atom is -0.493 e. The molecule has 0 heterocycles. The second kappa shape index (κ2) is 8.38. The second-order valence-corrected chi connectivity index (χ2v) is 5.39. The Morgan fingerprint density at radius 3 is 2.50 bits per heavy atom. The van der Waals surface area contributed by atoms with Gasteiger partial charge in [0, 0.05) is 6.08 Å². The van der Waals surface area contributed by atoms with Crippen LogP contribution in [0.1, 0.15) is 30.1 Å². The Bertz CT molecular complexity index is 618. The summed E-state index contributed by atoms with van der Waals surface area (Å²) in [6.07, 6.45) is 4.41. The van der Waals surface area contributed by atoms with Gasteiger partial charge in [0.25, 0.3) is 0 Å². The highest BCUT2D eigenvalue weighted by atomic mass is 16.5. The van der Waals surface area contributed by atoms with Gasteiger partial charge in [-0.25, -0.2) is 9.59 Å². The third-order valence-corrected chi connectivity index (χ3v) is 3.66. The van der Waals surface area contributed by atoms with E-state index in [-0.39, 0.29) is 5.92 Å². The van der Waals surface area contributed by atoms with E-state index in [0.717, 1.165) is 12.8 Å². The average Bonchev–Trinajstić information content (AvgIpc) is 3.42. The van der Waals surface area contributed by atoms with Gasteiger partial charge in [-0.3, -0.25) is 0 Å². The van der Waals surface area contributed by atoms with Crippen molar-refractivity contribution < 1.29 is 28.5 Å². The molecule has 1 aromatic rings. The van der Waals surface area contributed by atoms with E-state index < -0.39 is 18.0 Å². The number of hydrogen-bond donors (Lipinski definition) is 0. The number of carbonyl (C=O) groups excluding carboxylic acids is 2. The maximum Gasteiger partial charge on any atom is 0.338 e. The molecule has 1 aliphatic carbocycles. The van der Waals surface area contributed by atoms with Gasteiger partial charge >= 0.3 is 11.9 Å². The molecule has 6 heteroatoms. The number of benzene rings is 1. The first kappa shape index (κ1) is 17.8. The first-order chi connectivity index (χ1) is 11.6. The van der Waals surface area contributed by atoms with Gasteiger partial charge in [-0.15, -0.1) is 0 Å². The molecular formula is C18H22O6. The molecule has 1 saturated carbocycles. The molecule has 0 aromatic heterocycles. The Morgan fingerprint density at radius 1 is 1.21 bits per heavy atom. The van der Waals surface area contributed by atoms with E-state index in [1.54, 1.807) is 31.2 Å². The minimum absolute atomic E-state index is 0.250. The van der Waals surface area contributed by atoms with Crippen LogP contribution in [0.15, 0.2) is 30.4 Å². The average molecular weight is 334 g/mol. The van der Waals surface area contributed by atoms with E-state index in [4.69, 9.17) is 18.9 Å². The SMILES string of the molecule is CCOC(=O)/C=C/[C@@H](OC(=O)c1ccc(OC)c(OC)c1)C1CC1. The van der Waals surface area contributed by atoms with Gasteiger partial charge in [-0.05, 0) is 50.0 Å². The van der Waals surface area contributed by atoms with Crippen molar-refractivity contribution in [2.24, 2.45) is 5.92 Å². The van der Waals surface area contributed by atoms with E-state index in [1.807, 2.05) is 0 Å². The number of ether oxygens (including phenoxy) is 4. The molecule has 0 radical (unpaired) electrons. The van der Waals surface area contributed by atoms with Crippen LogP contribution in [0.2, 0.25) is 0 Å². The van der Waals surface area contributed by atoms with Crippen molar-refractivity contribution in [3.8, 4) is 11.5 Å². The first-order valence-corrected chi connectivity index (χ1v) is 7.87. The van der Waals surface area contributed by atoms with Gasteiger partial charge in [-0.2, -0.15) is 0 Å². The van der Waals surface area contributed by atoms with Crippen LogP contribution in [-0.4, -0.2) is 38.9 Å². The minimum atomic E-state index is -0.471. The standard InChI is InChI=1S/C18H22O6/c1-4-23-17(19)10-9-14(12-5-6-12)24-18(20)13-7-8-15(21-2)16(11-13)22-3/h7-12,14H,4-6H2,1-3H3/b10-9+/t14-/m1/s1. The zero-order valence-electron chi connectivity index (χ0n) is 14.1. The molecule has 6 nitrogen and oxygen atoms in total. The summed E-state index contributed by atoms with van der Waals surface area (Å²) in [6, 6.07) is 4.83. The molecule has 24 heavy (non-hydrogen) atoms. The number of rotatable bonds is 8. The summed E-state index contributed by atoms with van der Waals surface area (Å²) in [7, 11) is 3.03. The van der Waals surface area contributed by atoms with Gasteiger partial charge in [0.15, 0.2) is 11.5 Å². The monoisotopic (exact) mass is 334 g/mol. The van der Waals surface area contributed by atoms with Gasteiger partial charge in [0.05, 0.1) is 26.4 Å². The van der Waals surface area contributed by atoms with Crippen LogP contribution < -0.4 is 9.47 Å². The molecule has 0 aliphatic heterocycles. The van der Waals surface area contributed by atoms with Crippen molar-refractivity contribution in [3.63, 3.8) is 0 Å². The molecule has 0 N–H and O–H groups in total. The summed E-state index contributed by atoms with van der Waals surface area (Å²) in [5.41, 5.74) is 0.364. The van der Waals surface area contributed by atoms with E-state index in [0.29, 0.717) is 23.7 Å². The number of esters is 2. The van der Waals surface area contributed by atoms with Crippen LogP contribution in [-0.2, 0) is 14.3 Å². The van der Waals surface area contributed by atoms with Crippen LogP contribution in [0, 0.1) is 5.92 Å². The summed E-state index contributed by atoms with van der Waals surface area (Å²) >= 11 is 0. The largest absolute Gasteiger partial charge is 0.493 e. The summed E-state index contributed by atoms with van der Waals surface area (Å²) in [4.78, 5) is 23.8. The third kappa shape index (κ3) is 4.75. The lowest BCUT2D eigenvalue weighted by Crippen LogP contribution is -2.19. The smallest absolute Gasteiger partial charge is 0.338 e. The van der Waals surface area contributed by atoms with E-state index in [1.165, 1.54) is 20.3 Å². The van der Waals surface area contributed by atoms with Crippen LogP contribution in [0.4, 0.5) is 0 Å². The zero-order chi connectivity index (χ0) is 17.5. The number of hydrogen-bond acceptors (Lipinski definition) is 6. The quantitative estimate of drug-likeness (QED) is 0.538. The van der Waals surface area contributed by atoms with Crippen molar-refractivity contribution in [3.05, 3.63) is 35.9 Å². The predicted octanol–water partition coefficient (Wildman–Crippen LogP) is 2.76. The molecule has 2 rings (SSSR count). The lowest BCUT2D eigenvalue weighted by molar-refractivity contribution is -0.137. The summed E-state index contributed by atoms with van der Waals surface area (Å²) in [6.45, 7) is 2.05. The first-order valence-electron chi connectivity index (χ1n) is 7.87. The van der Waals surface area contributed by atoms with Crippen molar-refractivity contribution in [1.82, 2.24) is 0 Å². The van der Waals surface area contributed by atoms with E-state index in [2.05, 4.69) is 0 Å². The fraction of sp³-hybridized carbons (Fsp3) is 0.444. The molecular weight excluding hydrogens is 312 g/mol. The Morgan fingerprint density at radius 2 is 1.92 bits per heavy atom. The molecule has 0 bridgehead atoms. The van der Waals surface area contributed by atoms with Gasteiger partial charge < -0.3 is 18.9 Å². The maximum absolute atomic E-state index is 12.4. The highest BCUT2D eigenvalue weighted by molar-refractivity contribution is 5.90. The lowest BCUT2D eigenvalue weighted by atomic mass is 10.2. The van der Waals surface area contributed by atoms with E-state index >= 15 is 0 Å². The Hall–Kier alpha value is -2.50. The van der Waals surface area contributed by atoms with Gasteiger partial charge in [-0.1, -0.05) is 0 Å². The Kier molecular flexibility index (Phi) is 6.23. The predicted molar refractivity (Wildman–Crippen MR) is 87.2 cm³/mol. The van der Waals surface area contributed by atoms with Crippen molar-refractivity contribution >= 4 is 11.9 Å². The molecule has 1 fully saturated rings. The molecule has 1 atom stereocenters. The lowest BCUT2D eigenvalue weighted by Gasteiger charge is -2.14. The Balaban J connectivity index is 2.06. The van der Waals surface area contributed by atoms with Crippen LogP contribution >= 0.6 is 0 Å². The van der Waals surface area contributed by atoms with Crippen molar-refractivity contribution in [1.29, 1.82) is 0 Å². The van der Waals surface area contributed by atoms with E-state index in [9.17, 15) is 9.59 Å². The van der Waals surface area contributed by atoms with Gasteiger partial charge in [0.1, 0.15) is 6.10 Å². The van der Waals surface area contributed by atoms with Crippen LogP contribution in [0.25, 0.3) is 0 Å². The molecule has 130 valence electrons. The van der Waals surface area contributed by atoms with Gasteiger partial charge in [0.2, 0.25) is 0 Å². The number of methoxy groups -OCH3 is 2. The van der Waals surface area contributed by atoms with Crippen molar-refractivity contribution in [2.45, 2.75) is 25.9 Å². The summed E-state index contributed by atoms with van der Waals surface area (Å²) < 4.78 is 20.7. The molecule has 0 unspecified atom stereocenters.